The Morgan fingerprint density at radius 3 is 1.10 bits per heavy atom. The number of carboxylic acid groups (broad SMARTS) is 2. The molecule has 5 aromatic carbocycles. The average molecular weight is 669 g/mol. The van der Waals surface area contributed by atoms with E-state index in [1.54, 1.807) is 24.3 Å². The van der Waals surface area contributed by atoms with Gasteiger partial charge in [0.05, 0.1) is 11.8 Å². The van der Waals surface area contributed by atoms with Crippen molar-refractivity contribution in [2.24, 2.45) is 11.8 Å². The highest BCUT2D eigenvalue weighted by Gasteiger charge is 2.22. The Hall–Kier alpha value is -6.56. The Labute approximate surface area is 285 Å². The molecule has 0 spiro atoms. The summed E-state index contributed by atoms with van der Waals surface area (Å²) in [7, 11) is 0. The van der Waals surface area contributed by atoms with Crippen molar-refractivity contribution < 1.29 is 30.0 Å². The van der Waals surface area contributed by atoms with Crippen molar-refractivity contribution in [2.75, 3.05) is 0 Å². The van der Waals surface area contributed by atoms with E-state index in [0.717, 1.165) is 11.1 Å². The summed E-state index contributed by atoms with van der Waals surface area (Å²) in [5.74, 6) is -3.45. The molecule has 2 heterocycles. The van der Waals surface area contributed by atoms with Gasteiger partial charge in [-0.1, -0.05) is 60.7 Å². The summed E-state index contributed by atoms with van der Waals surface area (Å²) in [4.78, 5) is 27.3. The zero-order valence-corrected chi connectivity index (χ0v) is 26.7. The summed E-state index contributed by atoms with van der Waals surface area (Å²) in [6.07, 6.45) is 0.936. The highest BCUT2D eigenvalue weighted by Crippen LogP contribution is 2.27. The summed E-state index contributed by atoms with van der Waals surface area (Å²) in [6, 6.07) is 31.8. The van der Waals surface area contributed by atoms with Crippen LogP contribution < -0.4 is 0 Å². The van der Waals surface area contributed by atoms with Crippen molar-refractivity contribution >= 4 is 34.0 Å². The van der Waals surface area contributed by atoms with E-state index in [-0.39, 0.29) is 37.2 Å². The first-order valence-corrected chi connectivity index (χ1v) is 16.0. The van der Waals surface area contributed by atoms with E-state index in [9.17, 15) is 30.0 Å². The van der Waals surface area contributed by atoms with Crippen LogP contribution in [0.2, 0.25) is 0 Å². The van der Waals surface area contributed by atoms with Crippen molar-refractivity contribution in [3.8, 4) is 22.9 Å². The highest BCUT2D eigenvalue weighted by molar-refractivity contribution is 5.75. The quantitative estimate of drug-likeness (QED) is 0.129. The largest absolute Gasteiger partial charge is 0.506 e. The molecule has 2 aromatic heterocycles. The first-order chi connectivity index (χ1) is 24.2. The van der Waals surface area contributed by atoms with Crippen LogP contribution in [0.15, 0.2) is 109 Å². The van der Waals surface area contributed by atoms with E-state index in [2.05, 4.69) is 20.4 Å². The van der Waals surface area contributed by atoms with Gasteiger partial charge in [-0.25, -0.2) is 0 Å². The predicted octanol–water partition coefficient (Wildman–Crippen LogP) is 5.54. The Morgan fingerprint density at radius 1 is 0.480 bits per heavy atom. The SMILES string of the molecule is O=C(O)C(Cc1ccc(CC(Cc2ccc(O)c(-n3nc4ccccc4n3)c2)C(=O)O)cc1)Cc1ccc(O)c(-n2nc3ccccc3n2)c1. The number of phenols is 2. The molecule has 0 aliphatic heterocycles. The van der Waals surface area contributed by atoms with Crippen LogP contribution in [0.1, 0.15) is 22.3 Å². The van der Waals surface area contributed by atoms with Crippen LogP contribution in [-0.2, 0) is 35.3 Å². The lowest BCUT2D eigenvalue weighted by Crippen LogP contribution is -2.20. The van der Waals surface area contributed by atoms with Gasteiger partial charge in [0.15, 0.2) is 0 Å². The van der Waals surface area contributed by atoms with E-state index in [4.69, 9.17) is 0 Å². The molecule has 2 atom stereocenters. The molecule has 0 radical (unpaired) electrons. The first kappa shape index (κ1) is 32.0. The average Bonchev–Trinajstić information content (AvgIpc) is 3.74. The molecule has 12 heteroatoms. The van der Waals surface area contributed by atoms with Gasteiger partial charge in [0, 0.05) is 0 Å². The molecule has 0 aliphatic rings. The van der Waals surface area contributed by atoms with Crippen molar-refractivity contribution in [3.63, 3.8) is 0 Å². The van der Waals surface area contributed by atoms with Crippen molar-refractivity contribution in [3.05, 3.63) is 131 Å². The Morgan fingerprint density at radius 2 is 0.780 bits per heavy atom. The second kappa shape index (κ2) is 13.5. The summed E-state index contributed by atoms with van der Waals surface area (Å²) in [5, 5.41) is 58.9. The fraction of sp³-hybridized carbons (Fsp3) is 0.158. The van der Waals surface area contributed by atoms with Gasteiger partial charge in [-0.3, -0.25) is 9.59 Å². The summed E-state index contributed by atoms with van der Waals surface area (Å²) >= 11 is 0. The molecule has 0 aliphatic carbocycles. The molecule has 0 saturated heterocycles. The van der Waals surface area contributed by atoms with Gasteiger partial charge in [-0.2, -0.15) is 0 Å². The number of phenolic OH excluding ortho intramolecular Hbond substituents is 2. The summed E-state index contributed by atoms with van der Waals surface area (Å²) < 4.78 is 0. The lowest BCUT2D eigenvalue weighted by molar-refractivity contribution is -0.142. The van der Waals surface area contributed by atoms with Crippen LogP contribution >= 0.6 is 0 Å². The predicted molar refractivity (Wildman–Crippen MR) is 185 cm³/mol. The van der Waals surface area contributed by atoms with Gasteiger partial charge in [-0.05, 0) is 96.5 Å². The van der Waals surface area contributed by atoms with Crippen LogP contribution in [0, 0.1) is 11.8 Å². The van der Waals surface area contributed by atoms with Crippen LogP contribution in [-0.4, -0.2) is 62.4 Å². The maximum atomic E-state index is 12.3. The molecule has 2 unspecified atom stereocenters. The Bertz CT molecular complexity index is 2120. The maximum Gasteiger partial charge on any atom is 0.307 e. The molecule has 12 nitrogen and oxygen atoms in total. The monoisotopic (exact) mass is 668 g/mol. The minimum Gasteiger partial charge on any atom is -0.506 e. The molecule has 250 valence electrons. The molecule has 7 aromatic rings. The second-order valence-electron chi connectivity index (χ2n) is 12.3. The number of aromatic hydroxyl groups is 2. The molecule has 50 heavy (non-hydrogen) atoms. The number of nitrogens with zero attached hydrogens (tertiary/aromatic N) is 6. The van der Waals surface area contributed by atoms with E-state index in [0.29, 0.717) is 44.6 Å². The van der Waals surface area contributed by atoms with E-state index >= 15 is 0 Å². The molecule has 0 bridgehead atoms. The number of hydrogen-bond acceptors (Lipinski definition) is 8. The van der Waals surface area contributed by atoms with Crippen molar-refractivity contribution in [1.29, 1.82) is 0 Å². The van der Waals surface area contributed by atoms with Gasteiger partial charge >= 0.3 is 11.9 Å². The number of rotatable bonds is 12. The fourth-order valence-corrected chi connectivity index (χ4v) is 6.09. The highest BCUT2D eigenvalue weighted by atomic mass is 16.4. The third-order valence-electron chi connectivity index (χ3n) is 8.73. The standard InChI is InChI=1S/C38H32N6O6/c45-35-15-13-25(21-33(35)43-39-29-5-1-2-6-30(29)40-43)19-27(37(47)48)17-23-9-11-24(12-10-23)18-28(38(49)50)20-26-14-16-36(46)34(22-26)44-41-31-7-3-4-8-32(31)42-44/h1-16,21-22,27-28,45-46H,17-20H2,(H,47,48)(H,49,50). The topological polar surface area (TPSA) is 176 Å². The fourth-order valence-electron chi connectivity index (χ4n) is 6.09. The third-order valence-corrected chi connectivity index (χ3v) is 8.73. The summed E-state index contributed by atoms with van der Waals surface area (Å²) in [5.41, 5.74) is 6.42. The molecule has 4 N–H and O–H groups in total. The third kappa shape index (κ3) is 6.85. The Kier molecular flexibility index (Phi) is 8.65. The number of carboxylic acids is 2. The van der Waals surface area contributed by atoms with Gasteiger partial charge < -0.3 is 20.4 Å². The number of carbonyl (C=O) groups is 2. The van der Waals surface area contributed by atoms with Crippen LogP contribution in [0.4, 0.5) is 0 Å². The van der Waals surface area contributed by atoms with E-state index < -0.39 is 23.8 Å². The minimum absolute atomic E-state index is 0.0226. The normalized spacial score (nSPS) is 12.6. The zero-order valence-electron chi connectivity index (χ0n) is 26.7. The number of fused-ring (bicyclic) bond motifs is 2. The molecule has 0 amide bonds. The van der Waals surface area contributed by atoms with Gasteiger partial charge in [-0.15, -0.1) is 30.0 Å². The van der Waals surface area contributed by atoms with Gasteiger partial charge in [0.1, 0.15) is 44.9 Å². The molecule has 7 rings (SSSR count). The van der Waals surface area contributed by atoms with E-state index in [1.807, 2.05) is 72.8 Å². The number of aliphatic carboxylic acids is 2. The van der Waals surface area contributed by atoms with E-state index in [1.165, 1.54) is 21.7 Å². The Balaban J connectivity index is 1.03. The minimum atomic E-state index is -0.954. The molecular formula is C38H32N6O6. The smallest absolute Gasteiger partial charge is 0.307 e. The number of hydrogen-bond donors (Lipinski definition) is 4. The zero-order chi connectivity index (χ0) is 34.8. The van der Waals surface area contributed by atoms with Gasteiger partial charge in [0.25, 0.3) is 0 Å². The van der Waals surface area contributed by atoms with Crippen molar-refractivity contribution in [2.45, 2.75) is 25.7 Å². The number of aromatic nitrogens is 6. The van der Waals surface area contributed by atoms with Crippen LogP contribution in [0.25, 0.3) is 33.4 Å². The second-order valence-corrected chi connectivity index (χ2v) is 12.3. The summed E-state index contributed by atoms with van der Waals surface area (Å²) in [6.45, 7) is 0. The maximum absolute atomic E-state index is 12.3. The molecule has 0 saturated carbocycles. The van der Waals surface area contributed by atoms with Crippen molar-refractivity contribution in [1.82, 2.24) is 30.0 Å². The van der Waals surface area contributed by atoms with Crippen LogP contribution in [0.3, 0.4) is 0 Å². The van der Waals surface area contributed by atoms with Gasteiger partial charge in [0.2, 0.25) is 0 Å². The lowest BCUT2D eigenvalue weighted by atomic mass is 9.90. The van der Waals surface area contributed by atoms with Crippen LogP contribution in [0.5, 0.6) is 11.5 Å². The lowest BCUT2D eigenvalue weighted by Gasteiger charge is -2.16. The molecule has 0 fully saturated rings. The first-order valence-electron chi connectivity index (χ1n) is 16.0. The molecular weight excluding hydrogens is 636 g/mol. The number of benzene rings is 5.